The molecule has 0 aromatic heterocycles. The number of rotatable bonds is 14. The first-order valence-electron chi connectivity index (χ1n) is 13.1. The normalized spacial score (nSPS) is 11.0. The van der Waals surface area contributed by atoms with Crippen LogP contribution in [0.2, 0.25) is 0 Å². The number of hydrogen-bond acceptors (Lipinski definition) is 6. The van der Waals surface area contributed by atoms with Crippen LogP contribution < -0.4 is 0 Å². The van der Waals surface area contributed by atoms with E-state index in [1.165, 1.54) is 87.8 Å². The maximum absolute atomic E-state index is 12.4. The van der Waals surface area contributed by atoms with Gasteiger partial charge in [-0.1, -0.05) is 65.2 Å². The number of esters is 1. The summed E-state index contributed by atoms with van der Waals surface area (Å²) in [6.45, 7) is 8.30. The molecule has 36 heavy (non-hydrogen) atoms. The van der Waals surface area contributed by atoms with E-state index in [-0.39, 0.29) is 27.3 Å². The molecule has 0 amide bonds. The molecule has 0 saturated heterocycles. The third-order valence-corrected chi connectivity index (χ3v) is 7.70. The van der Waals surface area contributed by atoms with Crippen LogP contribution in [0.5, 0.6) is 11.5 Å². The summed E-state index contributed by atoms with van der Waals surface area (Å²) in [5.41, 5.74) is 0.994. The van der Waals surface area contributed by atoms with Gasteiger partial charge in [0.2, 0.25) is 9.84 Å². The Morgan fingerprint density at radius 2 is 1.17 bits per heavy atom. The summed E-state index contributed by atoms with van der Waals surface area (Å²) in [5, 5.41) is 18.9. The highest BCUT2D eigenvalue weighted by molar-refractivity contribution is 7.91. The van der Waals surface area contributed by atoms with Gasteiger partial charge in [-0.25, -0.2) is 8.42 Å². The van der Waals surface area contributed by atoms with Gasteiger partial charge < -0.3 is 14.9 Å². The molecule has 7 heteroatoms. The number of hydrogen-bond donors (Lipinski definition) is 2. The van der Waals surface area contributed by atoms with Crippen LogP contribution in [0.4, 0.5) is 0 Å². The standard InChI is InChI=1S/C15H30O2.C14H14O4S/c1-3-5-7-9-11-13-15(16)17-14-12-10-8-6-4-2;1-9-7-11(3-5-13(9)15)19(17,18)12-4-6-14(16)10(2)8-12/h3-14H2,1-2H3;3-8,15-16H,1-2H3. The predicted molar refractivity (Wildman–Crippen MR) is 144 cm³/mol. The number of aryl methyl sites for hydroxylation is 2. The van der Waals surface area contributed by atoms with E-state index in [1.807, 2.05) is 0 Å². The fourth-order valence-corrected chi connectivity index (χ4v) is 4.99. The Balaban J connectivity index is 0.000000363. The zero-order chi connectivity index (χ0) is 27.0. The van der Waals surface area contributed by atoms with Crippen molar-refractivity contribution in [2.75, 3.05) is 6.61 Å². The van der Waals surface area contributed by atoms with Crippen LogP contribution in [0.25, 0.3) is 0 Å². The van der Waals surface area contributed by atoms with Gasteiger partial charge >= 0.3 is 5.97 Å². The lowest BCUT2D eigenvalue weighted by Gasteiger charge is -2.08. The SMILES string of the molecule is CCCCCCCOC(=O)CCCCCCC.Cc1cc(S(=O)(=O)c2ccc(O)c(C)c2)ccc1O. The van der Waals surface area contributed by atoms with Crippen molar-refractivity contribution in [2.24, 2.45) is 0 Å². The molecular weight excluding hydrogens is 476 g/mol. The summed E-state index contributed by atoms with van der Waals surface area (Å²) in [7, 11) is -3.64. The lowest BCUT2D eigenvalue weighted by atomic mass is 10.1. The smallest absolute Gasteiger partial charge is 0.305 e. The Hall–Kier alpha value is -2.54. The molecule has 0 bridgehead atoms. The molecular formula is C29H44O6S. The number of unbranched alkanes of at least 4 members (excludes halogenated alkanes) is 8. The molecule has 0 heterocycles. The molecule has 6 nitrogen and oxygen atoms in total. The second-order valence-corrected chi connectivity index (χ2v) is 11.1. The lowest BCUT2D eigenvalue weighted by molar-refractivity contribution is -0.143. The van der Waals surface area contributed by atoms with Gasteiger partial charge in [-0.15, -0.1) is 0 Å². The average molecular weight is 521 g/mol. The lowest BCUT2D eigenvalue weighted by Crippen LogP contribution is -2.05. The summed E-state index contributed by atoms with van der Waals surface area (Å²) < 4.78 is 30.0. The maximum Gasteiger partial charge on any atom is 0.305 e. The van der Waals surface area contributed by atoms with Crippen LogP contribution >= 0.6 is 0 Å². The molecule has 0 aliphatic rings. The number of aromatic hydroxyl groups is 2. The van der Waals surface area contributed by atoms with E-state index in [9.17, 15) is 23.4 Å². The molecule has 0 unspecified atom stereocenters. The number of ether oxygens (including phenoxy) is 1. The number of phenolic OH excluding ortho intramolecular Hbond substituents is 2. The van der Waals surface area contributed by atoms with Crippen molar-refractivity contribution in [2.45, 2.75) is 108 Å². The van der Waals surface area contributed by atoms with Crippen molar-refractivity contribution >= 4 is 15.8 Å². The Morgan fingerprint density at radius 3 is 1.61 bits per heavy atom. The minimum Gasteiger partial charge on any atom is -0.508 e. The predicted octanol–water partition coefficient (Wildman–Crippen LogP) is 7.41. The van der Waals surface area contributed by atoms with Crippen molar-refractivity contribution in [3.05, 3.63) is 47.5 Å². The molecule has 2 rings (SSSR count). The third kappa shape index (κ3) is 11.5. The monoisotopic (exact) mass is 520 g/mol. The average Bonchev–Trinajstić information content (AvgIpc) is 2.85. The van der Waals surface area contributed by atoms with E-state index in [0.29, 0.717) is 24.2 Å². The summed E-state index contributed by atoms with van der Waals surface area (Å²) in [4.78, 5) is 11.6. The molecule has 2 aromatic carbocycles. The molecule has 0 saturated carbocycles. The largest absolute Gasteiger partial charge is 0.508 e. The minimum absolute atomic E-state index is 0.00279. The topological polar surface area (TPSA) is 101 Å². The second-order valence-electron chi connectivity index (χ2n) is 9.20. The van der Waals surface area contributed by atoms with Gasteiger partial charge in [0.1, 0.15) is 11.5 Å². The van der Waals surface area contributed by atoms with Gasteiger partial charge in [0.05, 0.1) is 16.4 Å². The van der Waals surface area contributed by atoms with E-state index < -0.39 is 9.84 Å². The maximum atomic E-state index is 12.4. The van der Waals surface area contributed by atoms with Gasteiger partial charge in [0, 0.05) is 6.42 Å². The number of carbonyl (C=O) groups is 1. The van der Waals surface area contributed by atoms with Crippen LogP contribution in [0.3, 0.4) is 0 Å². The van der Waals surface area contributed by atoms with Crippen molar-refractivity contribution in [3.8, 4) is 11.5 Å². The number of sulfone groups is 1. The zero-order valence-corrected chi connectivity index (χ0v) is 23.2. The first kappa shape index (κ1) is 31.5. The molecule has 0 radical (unpaired) electrons. The Bertz CT molecular complexity index is 973. The summed E-state index contributed by atoms with van der Waals surface area (Å²) in [6.07, 6.45) is 12.6. The van der Waals surface area contributed by atoms with Crippen molar-refractivity contribution < 1.29 is 28.2 Å². The number of phenols is 2. The van der Waals surface area contributed by atoms with Crippen LogP contribution in [0.1, 0.15) is 95.6 Å². The fourth-order valence-electron chi connectivity index (χ4n) is 3.56. The Labute approximate surface area is 217 Å². The second kappa shape index (κ2) is 17.0. The van der Waals surface area contributed by atoms with Crippen molar-refractivity contribution in [1.29, 1.82) is 0 Å². The van der Waals surface area contributed by atoms with Crippen LogP contribution in [0.15, 0.2) is 46.2 Å². The summed E-state index contributed by atoms with van der Waals surface area (Å²) in [6, 6.07) is 8.28. The van der Waals surface area contributed by atoms with Gasteiger partial charge in [-0.05, 0) is 74.2 Å². The van der Waals surface area contributed by atoms with E-state index >= 15 is 0 Å². The van der Waals surface area contributed by atoms with Crippen molar-refractivity contribution in [1.82, 2.24) is 0 Å². The molecule has 0 fully saturated rings. The minimum atomic E-state index is -3.64. The highest BCUT2D eigenvalue weighted by Gasteiger charge is 2.19. The van der Waals surface area contributed by atoms with Gasteiger partial charge in [0.25, 0.3) is 0 Å². The van der Waals surface area contributed by atoms with Crippen LogP contribution in [-0.4, -0.2) is 31.2 Å². The van der Waals surface area contributed by atoms with E-state index in [2.05, 4.69) is 13.8 Å². The molecule has 0 aliphatic heterocycles. The third-order valence-electron chi connectivity index (χ3n) is 5.95. The molecule has 0 aliphatic carbocycles. The fraction of sp³-hybridized carbons (Fsp3) is 0.552. The van der Waals surface area contributed by atoms with Crippen LogP contribution in [-0.2, 0) is 19.4 Å². The molecule has 202 valence electrons. The zero-order valence-electron chi connectivity index (χ0n) is 22.4. The van der Waals surface area contributed by atoms with Gasteiger partial charge in [-0.3, -0.25) is 4.79 Å². The first-order valence-corrected chi connectivity index (χ1v) is 14.6. The van der Waals surface area contributed by atoms with E-state index in [1.54, 1.807) is 13.8 Å². The molecule has 0 atom stereocenters. The van der Waals surface area contributed by atoms with Gasteiger partial charge in [-0.2, -0.15) is 0 Å². The Kier molecular flexibility index (Phi) is 14.9. The number of carbonyl (C=O) groups excluding carboxylic acids is 1. The van der Waals surface area contributed by atoms with E-state index in [0.717, 1.165) is 12.8 Å². The molecule has 0 spiro atoms. The van der Waals surface area contributed by atoms with Gasteiger partial charge in [0.15, 0.2) is 0 Å². The number of benzene rings is 2. The van der Waals surface area contributed by atoms with E-state index in [4.69, 9.17) is 4.74 Å². The highest BCUT2D eigenvalue weighted by atomic mass is 32.2. The summed E-state index contributed by atoms with van der Waals surface area (Å²) in [5.74, 6) is 0.110. The van der Waals surface area contributed by atoms with Crippen LogP contribution in [0, 0.1) is 13.8 Å². The Morgan fingerprint density at radius 1 is 0.722 bits per heavy atom. The quantitative estimate of drug-likeness (QED) is 0.199. The molecule has 2 aromatic rings. The highest BCUT2D eigenvalue weighted by Crippen LogP contribution is 2.28. The van der Waals surface area contributed by atoms with Crippen molar-refractivity contribution in [3.63, 3.8) is 0 Å². The first-order chi connectivity index (χ1) is 17.1. The summed E-state index contributed by atoms with van der Waals surface area (Å²) >= 11 is 0. The molecule has 2 N–H and O–H groups in total.